The number of methoxy groups -OCH3 is 1. The first kappa shape index (κ1) is 22.6. The molecule has 0 aliphatic carbocycles. The van der Waals surface area contributed by atoms with Crippen molar-refractivity contribution in [2.24, 2.45) is 5.92 Å². The third kappa shape index (κ3) is 4.82. The second-order valence-corrected chi connectivity index (χ2v) is 24.0. The van der Waals surface area contributed by atoms with Crippen LogP contribution in [0.1, 0.15) is 43.2 Å². The van der Waals surface area contributed by atoms with Crippen LogP contribution < -0.4 is 3.58 Å². The van der Waals surface area contributed by atoms with Gasteiger partial charge in [0.05, 0.1) is 0 Å². The van der Waals surface area contributed by atoms with E-state index in [1.807, 2.05) is 0 Å². The number of carbonyl (C=O) groups excluding carboxylic acids is 2. The van der Waals surface area contributed by atoms with Gasteiger partial charge < -0.3 is 0 Å². The summed E-state index contributed by atoms with van der Waals surface area (Å²) in [6, 6.07) is 7.62. The molecule has 0 spiro atoms. The van der Waals surface area contributed by atoms with Crippen molar-refractivity contribution in [3.05, 3.63) is 29.3 Å². The number of fused-ring (bicyclic) bond motifs is 2. The molecule has 2 aliphatic rings. The second-order valence-electron chi connectivity index (χ2n) is 9.61. The summed E-state index contributed by atoms with van der Waals surface area (Å²) in [5.74, 6) is -0.193. The molecule has 6 heteroatoms. The first-order valence-corrected chi connectivity index (χ1v) is 20.7. The van der Waals surface area contributed by atoms with Gasteiger partial charge in [-0.25, -0.2) is 0 Å². The Morgan fingerprint density at radius 2 is 1.93 bits per heavy atom. The summed E-state index contributed by atoms with van der Waals surface area (Å²) < 4.78 is 11.9. The Balaban J connectivity index is 1.94. The van der Waals surface area contributed by atoms with Gasteiger partial charge >= 0.3 is 179 Å². The van der Waals surface area contributed by atoms with Crippen LogP contribution in [0.3, 0.4) is 0 Å². The van der Waals surface area contributed by atoms with Gasteiger partial charge in [-0.3, -0.25) is 0 Å². The fourth-order valence-corrected chi connectivity index (χ4v) is 10.4. The van der Waals surface area contributed by atoms with E-state index < -0.39 is 18.4 Å². The standard InChI is InChI=1S/C20H26NO4.3CH3.Sn/c1-13(22)25-11-10-14-4-6-15(7-5-14)17-12-16-8-9-18(21(16)2)19(17)20(23)24-3;;;;/h4,6-7,16-19H,8-12H2,1-3H3;3*1H3;. The van der Waals surface area contributed by atoms with Crippen LogP contribution in [0.4, 0.5) is 0 Å². The third-order valence-electron chi connectivity index (χ3n) is 6.79. The molecule has 5 nitrogen and oxygen atoms in total. The number of carbonyl (C=O) groups is 2. The quantitative estimate of drug-likeness (QED) is 0.437. The zero-order chi connectivity index (χ0) is 21.3. The molecule has 0 N–H and O–H groups in total. The minimum absolute atomic E-state index is 0.0769. The van der Waals surface area contributed by atoms with Gasteiger partial charge in [0.1, 0.15) is 0 Å². The number of nitrogens with zero attached hydrogens (tertiary/aromatic N) is 1. The summed E-state index contributed by atoms with van der Waals surface area (Å²) in [7, 11) is 3.67. The van der Waals surface area contributed by atoms with Gasteiger partial charge in [0, 0.05) is 0 Å². The van der Waals surface area contributed by atoms with Gasteiger partial charge in [-0.2, -0.15) is 0 Å². The molecule has 2 fully saturated rings. The molecule has 1 aromatic carbocycles. The average Bonchev–Trinajstić information content (AvgIpc) is 2.89. The van der Waals surface area contributed by atoms with Crippen molar-refractivity contribution in [3.8, 4) is 0 Å². The topological polar surface area (TPSA) is 55.8 Å². The molecule has 0 radical (unpaired) electrons. The summed E-state index contributed by atoms with van der Waals surface area (Å²) in [5.41, 5.74) is 2.58. The maximum absolute atomic E-state index is 12.8. The molecule has 29 heavy (non-hydrogen) atoms. The normalized spacial score (nSPS) is 27.0. The zero-order valence-electron chi connectivity index (χ0n) is 18.7. The Morgan fingerprint density at radius 3 is 2.55 bits per heavy atom. The van der Waals surface area contributed by atoms with E-state index >= 15 is 0 Å². The second kappa shape index (κ2) is 8.96. The van der Waals surface area contributed by atoms with Crippen molar-refractivity contribution in [3.63, 3.8) is 0 Å². The summed E-state index contributed by atoms with van der Waals surface area (Å²) in [4.78, 5) is 33.5. The molecule has 3 rings (SSSR count). The maximum atomic E-state index is 12.8. The van der Waals surface area contributed by atoms with E-state index in [0.717, 1.165) is 25.7 Å². The first-order valence-electron chi connectivity index (χ1n) is 10.7. The molecule has 2 bridgehead atoms. The van der Waals surface area contributed by atoms with Crippen LogP contribution in [0.2, 0.25) is 14.8 Å². The Labute approximate surface area is 179 Å². The van der Waals surface area contributed by atoms with Crippen molar-refractivity contribution in [1.29, 1.82) is 0 Å². The Bertz CT molecular complexity index is 773. The minimum atomic E-state index is -2.41. The molecule has 4 unspecified atom stereocenters. The summed E-state index contributed by atoms with van der Waals surface area (Å²) in [6.07, 6.45) is 4.00. The van der Waals surface area contributed by atoms with Crippen LogP contribution in [-0.4, -0.2) is 68.1 Å². The number of piperidine rings is 1. The predicted octanol–water partition coefficient (Wildman–Crippen LogP) is 3.08. The van der Waals surface area contributed by atoms with Crippen molar-refractivity contribution >= 4 is 33.9 Å². The Hall–Kier alpha value is -1.08. The van der Waals surface area contributed by atoms with E-state index in [4.69, 9.17) is 9.47 Å². The fraction of sp³-hybridized carbons (Fsp3) is 0.652. The van der Waals surface area contributed by atoms with Gasteiger partial charge in [-0.05, 0) is 0 Å². The molecule has 0 saturated carbocycles. The number of ether oxygens (including phenoxy) is 2. The van der Waals surface area contributed by atoms with Crippen LogP contribution in [0.25, 0.3) is 0 Å². The molecule has 4 atom stereocenters. The van der Waals surface area contributed by atoms with E-state index in [0.29, 0.717) is 12.6 Å². The molecular weight excluding hydrogens is 473 g/mol. The molecule has 1 aromatic rings. The van der Waals surface area contributed by atoms with E-state index in [1.165, 1.54) is 28.7 Å². The van der Waals surface area contributed by atoms with Crippen LogP contribution in [0.5, 0.6) is 0 Å². The van der Waals surface area contributed by atoms with Crippen molar-refractivity contribution < 1.29 is 19.1 Å². The van der Waals surface area contributed by atoms with Crippen molar-refractivity contribution in [1.82, 2.24) is 4.90 Å². The van der Waals surface area contributed by atoms with Gasteiger partial charge in [-0.1, -0.05) is 0 Å². The first-order chi connectivity index (χ1) is 13.6. The summed E-state index contributed by atoms with van der Waals surface area (Å²) >= 11 is -2.41. The van der Waals surface area contributed by atoms with E-state index in [1.54, 1.807) is 0 Å². The predicted molar refractivity (Wildman–Crippen MR) is 117 cm³/mol. The molecule has 0 amide bonds. The average molecular weight is 508 g/mol. The van der Waals surface area contributed by atoms with Crippen LogP contribution in [-0.2, 0) is 25.5 Å². The molecule has 0 aromatic heterocycles. The number of benzene rings is 1. The van der Waals surface area contributed by atoms with Crippen molar-refractivity contribution in [2.75, 3.05) is 20.8 Å². The number of esters is 2. The fourth-order valence-electron chi connectivity index (χ4n) is 5.31. The van der Waals surface area contributed by atoms with Crippen molar-refractivity contribution in [2.45, 2.75) is 65.4 Å². The zero-order valence-corrected chi connectivity index (χ0v) is 21.5. The van der Waals surface area contributed by atoms with E-state index in [9.17, 15) is 9.59 Å². The number of hydrogen-bond acceptors (Lipinski definition) is 5. The van der Waals surface area contributed by atoms with E-state index in [2.05, 4.69) is 45.0 Å². The molecule has 2 heterocycles. The van der Waals surface area contributed by atoms with Crippen LogP contribution in [0.15, 0.2) is 18.2 Å². The SMILES string of the molecule is COC(=O)C1C(c2ccc(CCOC(C)=O)[c]([Sn]([CH3])([CH3])[CH3])c2)CC2CCC1N2C. The van der Waals surface area contributed by atoms with E-state index in [-0.39, 0.29) is 29.8 Å². The molecule has 2 saturated heterocycles. The number of hydrogen-bond donors (Lipinski definition) is 0. The molecule has 2 aliphatic heterocycles. The van der Waals surface area contributed by atoms with Gasteiger partial charge in [-0.15, -0.1) is 0 Å². The van der Waals surface area contributed by atoms with Crippen LogP contribution in [0, 0.1) is 5.92 Å². The summed E-state index contributed by atoms with van der Waals surface area (Å²) in [5, 5.41) is 0. The van der Waals surface area contributed by atoms with Gasteiger partial charge in [0.15, 0.2) is 0 Å². The molecule has 160 valence electrons. The Kier molecular flexibility index (Phi) is 6.98. The molecular formula is C23H35NO4Sn. The van der Waals surface area contributed by atoms with Gasteiger partial charge in [0.25, 0.3) is 0 Å². The van der Waals surface area contributed by atoms with Gasteiger partial charge in [0.2, 0.25) is 0 Å². The van der Waals surface area contributed by atoms with Crippen LogP contribution >= 0.6 is 0 Å². The monoisotopic (exact) mass is 509 g/mol. The third-order valence-corrected chi connectivity index (χ3v) is 12.7. The number of rotatable bonds is 6. The summed E-state index contributed by atoms with van der Waals surface area (Å²) in [6.45, 7) is 1.88. The Morgan fingerprint density at radius 1 is 1.21 bits per heavy atom.